The number of ether oxygens (including phenoxy) is 1. The number of imidazole rings is 1. The van der Waals surface area contributed by atoms with Crippen LogP contribution < -0.4 is 10.1 Å². The van der Waals surface area contributed by atoms with Crippen LogP contribution in [-0.4, -0.2) is 27.2 Å². The first-order chi connectivity index (χ1) is 12.4. The predicted octanol–water partition coefficient (Wildman–Crippen LogP) is 4.67. The summed E-state index contributed by atoms with van der Waals surface area (Å²) in [7, 11) is 1.66. The minimum atomic E-state index is -0.109. The van der Waals surface area contributed by atoms with Crippen molar-refractivity contribution in [3.63, 3.8) is 0 Å². The van der Waals surface area contributed by atoms with Crippen LogP contribution in [0.4, 0.5) is 5.82 Å². The highest BCUT2D eigenvalue weighted by atomic mass is 16.5. The molecule has 26 heavy (non-hydrogen) atoms. The summed E-state index contributed by atoms with van der Waals surface area (Å²) in [5.41, 5.74) is 4.27. The number of aryl methyl sites for hydroxylation is 1. The fourth-order valence-electron chi connectivity index (χ4n) is 3.04. The number of benzene rings is 1. The highest BCUT2D eigenvalue weighted by Gasteiger charge is 2.20. The third-order valence-corrected chi connectivity index (χ3v) is 4.25. The summed E-state index contributed by atoms with van der Waals surface area (Å²) in [6.07, 6.45) is 1.97. The number of pyridine rings is 1. The van der Waals surface area contributed by atoms with Crippen LogP contribution in [-0.2, 0) is 0 Å². The van der Waals surface area contributed by atoms with Crippen LogP contribution in [0.15, 0.2) is 41.1 Å². The molecule has 0 saturated heterocycles. The summed E-state index contributed by atoms with van der Waals surface area (Å²) in [6.45, 7) is 8.34. The number of hydrogen-bond acceptors (Lipinski definition) is 5. The molecule has 0 radical (unpaired) electrons. The average molecular weight is 350 g/mol. The third kappa shape index (κ3) is 2.77. The van der Waals surface area contributed by atoms with E-state index in [1.807, 2.05) is 41.8 Å². The fraction of sp³-hybridized carbons (Fsp3) is 0.300. The summed E-state index contributed by atoms with van der Waals surface area (Å²) in [6, 6.07) is 9.89. The van der Waals surface area contributed by atoms with Gasteiger partial charge in [-0.3, -0.25) is 4.40 Å². The van der Waals surface area contributed by atoms with Gasteiger partial charge in [0, 0.05) is 28.8 Å². The molecule has 6 nitrogen and oxygen atoms in total. The largest absolute Gasteiger partial charge is 0.497 e. The number of hydrogen-bond donors (Lipinski definition) is 1. The molecule has 134 valence electrons. The Morgan fingerprint density at radius 2 is 1.96 bits per heavy atom. The minimum Gasteiger partial charge on any atom is -0.497 e. The summed E-state index contributed by atoms with van der Waals surface area (Å²) in [5.74, 6) is 1.73. The zero-order valence-corrected chi connectivity index (χ0v) is 15.6. The quantitative estimate of drug-likeness (QED) is 0.582. The summed E-state index contributed by atoms with van der Waals surface area (Å²) in [5, 5.41) is 8.63. The van der Waals surface area contributed by atoms with Crippen molar-refractivity contribution in [3.05, 3.63) is 42.2 Å². The van der Waals surface area contributed by atoms with Gasteiger partial charge in [-0.05, 0) is 52.0 Å². The Balaban J connectivity index is 1.96. The highest BCUT2D eigenvalue weighted by molar-refractivity contribution is 5.87. The van der Waals surface area contributed by atoms with Gasteiger partial charge in [-0.2, -0.15) is 0 Å². The van der Waals surface area contributed by atoms with E-state index in [4.69, 9.17) is 14.2 Å². The normalized spacial score (nSPS) is 12.0. The molecule has 6 heteroatoms. The van der Waals surface area contributed by atoms with Gasteiger partial charge in [0.05, 0.1) is 12.8 Å². The molecule has 0 atom stereocenters. The molecule has 0 aliphatic rings. The molecular weight excluding hydrogens is 328 g/mol. The lowest BCUT2D eigenvalue weighted by molar-refractivity contribution is 0.414. The van der Waals surface area contributed by atoms with Gasteiger partial charge in [-0.15, -0.1) is 0 Å². The Morgan fingerprint density at radius 1 is 1.15 bits per heavy atom. The molecule has 1 N–H and O–H groups in total. The number of rotatable bonds is 3. The molecule has 0 amide bonds. The zero-order valence-electron chi connectivity index (χ0n) is 15.6. The number of fused-ring (bicyclic) bond motifs is 2. The molecule has 0 fully saturated rings. The van der Waals surface area contributed by atoms with Crippen LogP contribution in [0.5, 0.6) is 5.75 Å². The fourth-order valence-corrected chi connectivity index (χ4v) is 3.04. The average Bonchev–Trinajstić information content (AvgIpc) is 3.14. The molecule has 4 rings (SSSR count). The van der Waals surface area contributed by atoms with E-state index < -0.39 is 0 Å². The molecule has 0 saturated carbocycles. The van der Waals surface area contributed by atoms with Crippen molar-refractivity contribution in [1.82, 2.24) is 14.5 Å². The van der Waals surface area contributed by atoms with Gasteiger partial charge in [-0.25, -0.2) is 4.98 Å². The van der Waals surface area contributed by atoms with Crippen molar-refractivity contribution >= 4 is 22.4 Å². The first kappa shape index (κ1) is 16.4. The second kappa shape index (κ2) is 5.76. The summed E-state index contributed by atoms with van der Waals surface area (Å²) >= 11 is 0. The van der Waals surface area contributed by atoms with Crippen LogP contribution in [0.2, 0.25) is 0 Å². The van der Waals surface area contributed by atoms with Crippen LogP contribution in [0.25, 0.3) is 27.9 Å². The van der Waals surface area contributed by atoms with E-state index in [-0.39, 0.29) is 5.54 Å². The molecule has 0 aliphatic heterocycles. The second-order valence-electron chi connectivity index (χ2n) is 7.46. The Kier molecular flexibility index (Phi) is 3.64. The minimum absolute atomic E-state index is 0.109. The van der Waals surface area contributed by atoms with Gasteiger partial charge in [0.2, 0.25) is 0 Å². The molecule has 0 aliphatic carbocycles. The van der Waals surface area contributed by atoms with Crippen molar-refractivity contribution < 1.29 is 9.26 Å². The van der Waals surface area contributed by atoms with Gasteiger partial charge in [-0.1, -0.05) is 5.16 Å². The van der Waals surface area contributed by atoms with Gasteiger partial charge >= 0.3 is 0 Å². The second-order valence-corrected chi connectivity index (χ2v) is 7.46. The zero-order chi connectivity index (χ0) is 18.5. The summed E-state index contributed by atoms with van der Waals surface area (Å²) < 4.78 is 12.7. The maximum absolute atomic E-state index is 5.35. The third-order valence-electron chi connectivity index (χ3n) is 4.25. The lowest BCUT2D eigenvalue weighted by Gasteiger charge is -2.22. The van der Waals surface area contributed by atoms with Crippen molar-refractivity contribution in [2.75, 3.05) is 12.4 Å². The highest BCUT2D eigenvalue weighted by Crippen LogP contribution is 2.34. The number of anilines is 1. The van der Waals surface area contributed by atoms with Gasteiger partial charge in [0.1, 0.15) is 22.9 Å². The Bertz CT molecular complexity index is 1100. The Hall–Kier alpha value is -3.02. The van der Waals surface area contributed by atoms with E-state index in [0.29, 0.717) is 0 Å². The van der Waals surface area contributed by atoms with E-state index in [1.54, 1.807) is 7.11 Å². The van der Waals surface area contributed by atoms with E-state index >= 15 is 0 Å². The number of nitrogens with one attached hydrogen (secondary N) is 1. The Labute approximate surface area is 151 Å². The van der Waals surface area contributed by atoms with Crippen LogP contribution in [0.3, 0.4) is 0 Å². The van der Waals surface area contributed by atoms with Crippen molar-refractivity contribution in [2.24, 2.45) is 0 Å². The van der Waals surface area contributed by atoms with Crippen LogP contribution in [0, 0.1) is 6.92 Å². The van der Waals surface area contributed by atoms with Gasteiger partial charge < -0.3 is 14.6 Å². The van der Waals surface area contributed by atoms with E-state index in [9.17, 15) is 0 Å². The van der Waals surface area contributed by atoms with E-state index in [0.717, 1.165) is 45.1 Å². The summed E-state index contributed by atoms with van der Waals surface area (Å²) in [4.78, 5) is 4.87. The molecule has 1 aromatic carbocycles. The SMILES string of the molecule is COc1ccn2c(NC(C)(C)C)c(-c3ccc4onc(C)c4c3)nc2c1. The lowest BCUT2D eigenvalue weighted by atomic mass is 10.1. The van der Waals surface area contributed by atoms with Gasteiger partial charge in [0.15, 0.2) is 5.58 Å². The molecule has 0 unspecified atom stereocenters. The van der Waals surface area contributed by atoms with Crippen molar-refractivity contribution in [3.8, 4) is 17.0 Å². The number of nitrogens with zero attached hydrogens (tertiary/aromatic N) is 3. The van der Waals surface area contributed by atoms with Crippen molar-refractivity contribution in [1.29, 1.82) is 0 Å². The first-order valence-corrected chi connectivity index (χ1v) is 8.56. The number of methoxy groups -OCH3 is 1. The molecule has 3 heterocycles. The van der Waals surface area contributed by atoms with E-state index in [1.165, 1.54) is 0 Å². The molecule has 3 aromatic heterocycles. The van der Waals surface area contributed by atoms with Crippen molar-refractivity contribution in [2.45, 2.75) is 33.2 Å². The van der Waals surface area contributed by atoms with Crippen LogP contribution >= 0.6 is 0 Å². The topological polar surface area (TPSA) is 64.6 Å². The number of aromatic nitrogens is 3. The monoisotopic (exact) mass is 350 g/mol. The predicted molar refractivity (Wildman–Crippen MR) is 103 cm³/mol. The standard InChI is InChI=1S/C20H22N4O2/c1-12-15-10-13(6-7-16(15)26-23-12)18-19(22-20(2,3)4)24-9-8-14(25-5)11-17(24)21-18/h6-11,22H,1-5H3. The van der Waals surface area contributed by atoms with Crippen LogP contribution in [0.1, 0.15) is 26.5 Å². The molecule has 4 aromatic rings. The molecular formula is C20H22N4O2. The smallest absolute Gasteiger partial charge is 0.167 e. The lowest BCUT2D eigenvalue weighted by Crippen LogP contribution is -2.27. The Morgan fingerprint density at radius 3 is 2.69 bits per heavy atom. The van der Waals surface area contributed by atoms with E-state index in [2.05, 4.69) is 37.3 Å². The molecule has 0 bridgehead atoms. The van der Waals surface area contributed by atoms with Gasteiger partial charge in [0.25, 0.3) is 0 Å². The maximum Gasteiger partial charge on any atom is 0.167 e. The first-order valence-electron chi connectivity index (χ1n) is 8.56. The maximum atomic E-state index is 5.35. The molecule has 0 spiro atoms.